The first-order valence-electron chi connectivity index (χ1n) is 5.56. The smallest absolute Gasteiger partial charge is 0.161 e. The van der Waals surface area contributed by atoms with E-state index in [0.29, 0.717) is 11.5 Å². The van der Waals surface area contributed by atoms with E-state index in [-0.39, 0.29) is 4.75 Å². The summed E-state index contributed by atoms with van der Waals surface area (Å²) in [5.74, 6) is 1.29. The van der Waals surface area contributed by atoms with Crippen LogP contribution in [0, 0.1) is 0 Å². The van der Waals surface area contributed by atoms with Crippen LogP contribution >= 0.6 is 0 Å². The van der Waals surface area contributed by atoms with E-state index in [4.69, 9.17) is 9.47 Å². The summed E-state index contributed by atoms with van der Waals surface area (Å²) in [6.07, 6.45) is 1.59. The third-order valence-electron chi connectivity index (χ3n) is 2.23. The third kappa shape index (κ3) is 3.84. The van der Waals surface area contributed by atoms with E-state index in [1.54, 1.807) is 32.6 Å². The molecule has 5 heteroatoms. The van der Waals surface area contributed by atoms with Crippen molar-refractivity contribution in [2.75, 3.05) is 14.2 Å². The topological polar surface area (TPSA) is 47.9 Å². The van der Waals surface area contributed by atoms with Gasteiger partial charge in [0.2, 0.25) is 0 Å². The molecule has 0 N–H and O–H groups in total. The Balaban J connectivity index is 2.92. The largest absolute Gasteiger partial charge is 0.493 e. The molecule has 1 atom stereocenters. The minimum absolute atomic E-state index is 0.354. The molecule has 100 valence electrons. The molecule has 0 saturated carbocycles. The van der Waals surface area contributed by atoms with Gasteiger partial charge in [-0.1, -0.05) is 0 Å². The van der Waals surface area contributed by atoms with Gasteiger partial charge in [-0.3, -0.25) is 0 Å². The third-order valence-corrected chi connectivity index (χ3v) is 3.57. The van der Waals surface area contributed by atoms with Crippen LogP contribution in [0.25, 0.3) is 0 Å². The highest BCUT2D eigenvalue weighted by Crippen LogP contribution is 2.27. The second kappa shape index (κ2) is 6.00. The molecule has 0 amide bonds. The Morgan fingerprint density at radius 3 is 2.28 bits per heavy atom. The second-order valence-corrected chi connectivity index (χ2v) is 6.64. The molecule has 18 heavy (non-hydrogen) atoms. The molecule has 0 saturated heterocycles. The van der Waals surface area contributed by atoms with Crippen molar-refractivity contribution in [1.82, 2.24) is 0 Å². The highest BCUT2D eigenvalue weighted by atomic mass is 32.2. The van der Waals surface area contributed by atoms with Gasteiger partial charge in [-0.05, 0) is 44.5 Å². The predicted molar refractivity (Wildman–Crippen MR) is 75.0 cm³/mol. The van der Waals surface area contributed by atoms with Crippen LogP contribution < -0.4 is 9.47 Å². The summed E-state index contributed by atoms with van der Waals surface area (Å²) in [6, 6.07) is 5.42. The number of ether oxygens (including phenoxy) is 2. The van der Waals surface area contributed by atoms with Gasteiger partial charge in [0.1, 0.15) is 11.0 Å². The monoisotopic (exact) mass is 269 g/mol. The maximum absolute atomic E-state index is 11.8. The fourth-order valence-electron chi connectivity index (χ4n) is 1.20. The molecule has 0 aliphatic carbocycles. The Kier molecular flexibility index (Phi) is 4.90. The summed E-state index contributed by atoms with van der Waals surface area (Å²) in [5.41, 5.74) is 0.824. The Labute approximate surface area is 111 Å². The molecule has 0 fully saturated rings. The maximum atomic E-state index is 11.8. The van der Waals surface area contributed by atoms with Crippen LogP contribution in [-0.2, 0) is 11.0 Å². The van der Waals surface area contributed by atoms with Crippen molar-refractivity contribution in [2.45, 2.75) is 25.5 Å². The first-order valence-corrected chi connectivity index (χ1v) is 6.67. The van der Waals surface area contributed by atoms with Crippen molar-refractivity contribution in [3.8, 4) is 11.5 Å². The Hall–Kier alpha value is -1.36. The lowest BCUT2D eigenvalue weighted by atomic mass is 10.2. The summed E-state index contributed by atoms with van der Waals surface area (Å²) in [4.78, 5) is 0. The minimum Gasteiger partial charge on any atom is -0.493 e. The first kappa shape index (κ1) is 14.7. The van der Waals surface area contributed by atoms with Gasteiger partial charge in [-0.25, -0.2) is 4.21 Å². The predicted octanol–water partition coefficient (Wildman–Crippen LogP) is 2.58. The lowest BCUT2D eigenvalue weighted by Crippen LogP contribution is -2.19. The highest BCUT2D eigenvalue weighted by Gasteiger charge is 2.18. The van der Waals surface area contributed by atoms with Crippen molar-refractivity contribution >= 4 is 17.2 Å². The normalized spacial score (nSPS) is 13.6. The van der Waals surface area contributed by atoms with Gasteiger partial charge >= 0.3 is 0 Å². The Morgan fingerprint density at radius 1 is 1.17 bits per heavy atom. The zero-order chi connectivity index (χ0) is 13.8. The summed E-state index contributed by atoms with van der Waals surface area (Å²) in [6.45, 7) is 5.65. The quantitative estimate of drug-likeness (QED) is 0.789. The van der Waals surface area contributed by atoms with E-state index >= 15 is 0 Å². The molecule has 0 bridgehead atoms. The van der Waals surface area contributed by atoms with E-state index in [1.165, 1.54) is 0 Å². The molecule has 1 aromatic rings. The minimum atomic E-state index is -1.26. The molecule has 0 spiro atoms. The number of nitrogens with zero attached hydrogens (tertiary/aromatic N) is 1. The zero-order valence-corrected chi connectivity index (χ0v) is 12.2. The van der Waals surface area contributed by atoms with Crippen molar-refractivity contribution in [2.24, 2.45) is 4.40 Å². The van der Waals surface area contributed by atoms with Crippen molar-refractivity contribution < 1.29 is 13.7 Å². The van der Waals surface area contributed by atoms with Crippen LogP contribution in [0.2, 0.25) is 0 Å². The molecule has 0 aliphatic rings. The molecular formula is C13H19NO3S. The van der Waals surface area contributed by atoms with Crippen LogP contribution in [0.4, 0.5) is 0 Å². The standard InChI is InChI=1S/C13H19NO3S/c1-13(2,3)18(15)14-9-10-6-7-11(16-4)12(8-10)17-5/h6-9H,1-5H3/b14-9+/t18-/m0/s1. The van der Waals surface area contributed by atoms with Crippen molar-refractivity contribution in [3.63, 3.8) is 0 Å². The van der Waals surface area contributed by atoms with Gasteiger partial charge in [-0.2, -0.15) is 4.40 Å². The fraction of sp³-hybridized carbons (Fsp3) is 0.462. The molecule has 0 unspecified atom stereocenters. The van der Waals surface area contributed by atoms with Crippen molar-refractivity contribution in [1.29, 1.82) is 0 Å². The number of hydrogen-bond donors (Lipinski definition) is 0. The molecule has 1 rings (SSSR count). The molecule has 0 aliphatic heterocycles. The van der Waals surface area contributed by atoms with E-state index in [2.05, 4.69) is 4.40 Å². The summed E-state index contributed by atoms with van der Waals surface area (Å²) in [5, 5.41) is 0. The van der Waals surface area contributed by atoms with Crippen LogP contribution in [0.1, 0.15) is 26.3 Å². The van der Waals surface area contributed by atoms with Crippen LogP contribution in [0.5, 0.6) is 11.5 Å². The molecule has 0 radical (unpaired) electrons. The van der Waals surface area contributed by atoms with E-state index in [1.807, 2.05) is 26.8 Å². The lowest BCUT2D eigenvalue weighted by molar-refractivity contribution is 0.355. The van der Waals surface area contributed by atoms with Gasteiger partial charge in [0.15, 0.2) is 11.5 Å². The van der Waals surface area contributed by atoms with Crippen molar-refractivity contribution in [3.05, 3.63) is 23.8 Å². The number of methoxy groups -OCH3 is 2. The second-order valence-electron chi connectivity index (χ2n) is 4.71. The van der Waals surface area contributed by atoms with E-state index in [9.17, 15) is 4.21 Å². The van der Waals surface area contributed by atoms with Gasteiger partial charge < -0.3 is 9.47 Å². The van der Waals surface area contributed by atoms with E-state index in [0.717, 1.165) is 5.56 Å². The Morgan fingerprint density at radius 2 is 1.78 bits per heavy atom. The summed E-state index contributed by atoms with van der Waals surface area (Å²) >= 11 is 0. The van der Waals surface area contributed by atoms with Gasteiger partial charge in [0.25, 0.3) is 0 Å². The van der Waals surface area contributed by atoms with Gasteiger partial charge in [-0.15, -0.1) is 0 Å². The Bertz CT molecular complexity index is 464. The lowest BCUT2D eigenvalue weighted by Gasteiger charge is -2.12. The SMILES string of the molecule is COc1ccc(/C=N/[S@@](=O)C(C)(C)C)cc1OC. The molecule has 0 heterocycles. The zero-order valence-electron chi connectivity index (χ0n) is 11.4. The van der Waals surface area contributed by atoms with Gasteiger partial charge in [0.05, 0.1) is 19.0 Å². The van der Waals surface area contributed by atoms with E-state index < -0.39 is 11.0 Å². The molecule has 4 nitrogen and oxygen atoms in total. The van der Waals surface area contributed by atoms with Gasteiger partial charge in [0, 0.05) is 6.21 Å². The maximum Gasteiger partial charge on any atom is 0.161 e. The van der Waals surface area contributed by atoms with Crippen LogP contribution in [0.15, 0.2) is 22.6 Å². The molecule has 1 aromatic carbocycles. The highest BCUT2D eigenvalue weighted by molar-refractivity contribution is 7.85. The average Bonchev–Trinajstić information content (AvgIpc) is 2.34. The fourth-order valence-corrected chi connectivity index (χ4v) is 1.73. The number of rotatable bonds is 4. The summed E-state index contributed by atoms with van der Waals surface area (Å²) < 4.78 is 25.8. The molecular weight excluding hydrogens is 250 g/mol. The number of hydrogen-bond acceptors (Lipinski definition) is 3. The summed E-state index contributed by atoms with van der Waals surface area (Å²) in [7, 11) is 1.90. The first-order chi connectivity index (χ1) is 8.38. The average molecular weight is 269 g/mol. The number of benzene rings is 1. The molecule has 0 aromatic heterocycles. The van der Waals surface area contributed by atoms with Crippen LogP contribution in [0.3, 0.4) is 0 Å². The van der Waals surface area contributed by atoms with Crippen LogP contribution in [-0.4, -0.2) is 29.4 Å².